The molecule has 0 aromatic heterocycles. The molecule has 1 atom stereocenters. The number of nitrogens with zero attached hydrogens (tertiary/aromatic N) is 3. The Bertz CT molecular complexity index is 673. The van der Waals surface area contributed by atoms with Gasteiger partial charge in [0, 0.05) is 51.9 Å². The number of carbonyl (C=O) groups is 1. The lowest BCUT2D eigenvalue weighted by molar-refractivity contribution is 0.0145. The van der Waals surface area contributed by atoms with Crippen LogP contribution in [0.1, 0.15) is 40.5 Å². The molecular formula is C19H38IN5O4S. The van der Waals surface area contributed by atoms with Gasteiger partial charge < -0.3 is 20.3 Å². The molecule has 0 spiro atoms. The van der Waals surface area contributed by atoms with E-state index in [2.05, 4.69) is 20.5 Å². The minimum atomic E-state index is -2.91. The Morgan fingerprint density at radius 2 is 1.87 bits per heavy atom. The van der Waals surface area contributed by atoms with E-state index in [1.54, 1.807) is 4.90 Å². The third-order valence-electron chi connectivity index (χ3n) is 4.84. The normalized spacial score (nSPS) is 22.3. The van der Waals surface area contributed by atoms with Crippen LogP contribution < -0.4 is 10.6 Å². The predicted molar refractivity (Wildman–Crippen MR) is 130 cm³/mol. The number of aliphatic imine (C=N–C) groups is 1. The summed E-state index contributed by atoms with van der Waals surface area (Å²) in [6, 6.07) is -0.0567. The van der Waals surface area contributed by atoms with Crippen LogP contribution >= 0.6 is 24.0 Å². The second-order valence-electron chi connectivity index (χ2n) is 8.67. The fourth-order valence-electron chi connectivity index (χ4n) is 3.39. The van der Waals surface area contributed by atoms with Crippen LogP contribution in [0, 0.1) is 0 Å². The van der Waals surface area contributed by atoms with Crippen molar-refractivity contribution >= 4 is 45.9 Å². The highest BCUT2D eigenvalue weighted by atomic mass is 127. The number of carbonyl (C=O) groups excluding carboxylic acids is 1. The van der Waals surface area contributed by atoms with Crippen molar-refractivity contribution in [2.75, 3.05) is 57.3 Å². The molecule has 2 rings (SSSR count). The maximum atomic E-state index is 12.1. The van der Waals surface area contributed by atoms with Crippen molar-refractivity contribution in [3.05, 3.63) is 0 Å². The second kappa shape index (κ2) is 12.3. The van der Waals surface area contributed by atoms with Gasteiger partial charge in [0.05, 0.1) is 11.5 Å². The van der Waals surface area contributed by atoms with Crippen LogP contribution in [0.3, 0.4) is 0 Å². The van der Waals surface area contributed by atoms with E-state index in [9.17, 15) is 13.2 Å². The lowest BCUT2D eigenvalue weighted by atomic mass is 10.2. The average molecular weight is 560 g/mol. The predicted octanol–water partition coefficient (Wildman–Crippen LogP) is 1.29. The van der Waals surface area contributed by atoms with Crippen LogP contribution in [-0.2, 0) is 14.6 Å². The highest BCUT2D eigenvalue weighted by Crippen LogP contribution is 2.12. The molecule has 11 heteroatoms. The number of ether oxygens (including phenoxy) is 1. The quantitative estimate of drug-likeness (QED) is 0.219. The van der Waals surface area contributed by atoms with Crippen molar-refractivity contribution in [1.82, 2.24) is 20.4 Å². The number of sulfone groups is 1. The summed E-state index contributed by atoms with van der Waals surface area (Å²) in [5.74, 6) is 1.11. The fourth-order valence-corrected chi connectivity index (χ4v) is 5.06. The largest absolute Gasteiger partial charge is 0.444 e. The molecule has 176 valence electrons. The molecule has 0 radical (unpaired) electrons. The average Bonchev–Trinajstić information content (AvgIpc) is 2.96. The zero-order valence-corrected chi connectivity index (χ0v) is 21.8. The van der Waals surface area contributed by atoms with E-state index in [1.165, 1.54) is 0 Å². The number of guanidine groups is 1. The number of nitrogens with one attached hydrogen (secondary N) is 2. The molecule has 0 bridgehead atoms. The Balaban J connectivity index is 0.00000450. The van der Waals surface area contributed by atoms with Gasteiger partial charge in [0.25, 0.3) is 0 Å². The van der Waals surface area contributed by atoms with E-state index in [4.69, 9.17) is 4.74 Å². The first kappa shape index (κ1) is 27.2. The smallest absolute Gasteiger partial charge is 0.410 e. The van der Waals surface area contributed by atoms with Gasteiger partial charge in [0.1, 0.15) is 5.60 Å². The molecule has 2 heterocycles. The van der Waals surface area contributed by atoms with E-state index in [1.807, 2.05) is 27.7 Å². The van der Waals surface area contributed by atoms with Gasteiger partial charge in [0.15, 0.2) is 15.8 Å². The van der Waals surface area contributed by atoms with E-state index < -0.39 is 15.4 Å². The Morgan fingerprint density at radius 1 is 1.20 bits per heavy atom. The Labute approximate surface area is 198 Å². The lowest BCUT2D eigenvalue weighted by Gasteiger charge is -2.35. The van der Waals surface area contributed by atoms with Gasteiger partial charge in [-0.05, 0) is 40.5 Å². The highest BCUT2D eigenvalue weighted by Gasteiger charge is 2.28. The minimum absolute atomic E-state index is 0. The molecule has 0 saturated carbocycles. The van der Waals surface area contributed by atoms with Gasteiger partial charge in [0.2, 0.25) is 0 Å². The molecular weight excluding hydrogens is 521 g/mol. The third-order valence-corrected chi connectivity index (χ3v) is 6.61. The molecule has 2 N–H and O–H groups in total. The SMILES string of the molecule is CCNC(=NCCCN1CCN(C(=O)OC(C)(C)C)CC1)NC1CCS(=O)(=O)C1.I. The van der Waals surface area contributed by atoms with Crippen LogP contribution in [0.4, 0.5) is 4.79 Å². The molecule has 2 aliphatic rings. The summed E-state index contributed by atoms with van der Waals surface area (Å²) in [6.07, 6.45) is 1.30. The molecule has 0 aromatic carbocycles. The standard InChI is InChI=1S/C19H37N5O4S.HI/c1-5-20-17(22-16-7-14-29(26,27)15-16)21-8-6-9-23-10-12-24(13-11-23)18(25)28-19(2,3)4;/h16H,5-15H2,1-4H3,(H2,20,21,22);1H. The third kappa shape index (κ3) is 9.99. The Hall–Kier alpha value is -0.820. The van der Waals surface area contributed by atoms with Gasteiger partial charge in [-0.15, -0.1) is 24.0 Å². The van der Waals surface area contributed by atoms with Crippen molar-refractivity contribution in [2.45, 2.75) is 52.2 Å². The second-order valence-corrected chi connectivity index (χ2v) is 10.9. The summed E-state index contributed by atoms with van der Waals surface area (Å²) in [5.41, 5.74) is -0.465. The molecule has 1 unspecified atom stereocenters. The lowest BCUT2D eigenvalue weighted by Crippen LogP contribution is -2.50. The van der Waals surface area contributed by atoms with Crippen molar-refractivity contribution in [3.8, 4) is 0 Å². The summed E-state index contributed by atoms with van der Waals surface area (Å²) in [7, 11) is -2.91. The van der Waals surface area contributed by atoms with Gasteiger partial charge in [-0.2, -0.15) is 0 Å². The molecule has 2 fully saturated rings. The molecule has 2 aliphatic heterocycles. The van der Waals surface area contributed by atoms with E-state index in [0.717, 1.165) is 32.6 Å². The van der Waals surface area contributed by atoms with Crippen LogP contribution in [0.2, 0.25) is 0 Å². The Kier molecular flexibility index (Phi) is 11.1. The van der Waals surface area contributed by atoms with Gasteiger partial charge in [-0.3, -0.25) is 9.89 Å². The zero-order valence-electron chi connectivity index (χ0n) is 18.6. The maximum Gasteiger partial charge on any atom is 0.410 e. The number of rotatable bonds is 6. The number of hydrogen-bond acceptors (Lipinski definition) is 6. The molecule has 0 aliphatic carbocycles. The van der Waals surface area contributed by atoms with Crippen LogP contribution in [0.25, 0.3) is 0 Å². The van der Waals surface area contributed by atoms with Crippen molar-refractivity contribution < 1.29 is 17.9 Å². The molecule has 30 heavy (non-hydrogen) atoms. The number of halogens is 1. The first-order valence-corrected chi connectivity index (χ1v) is 12.4. The molecule has 0 aromatic rings. The van der Waals surface area contributed by atoms with Crippen molar-refractivity contribution in [1.29, 1.82) is 0 Å². The van der Waals surface area contributed by atoms with Gasteiger partial charge in [-0.1, -0.05) is 0 Å². The van der Waals surface area contributed by atoms with E-state index in [-0.39, 0.29) is 47.6 Å². The summed E-state index contributed by atoms with van der Waals surface area (Å²) in [4.78, 5) is 20.8. The highest BCUT2D eigenvalue weighted by molar-refractivity contribution is 14.0. The van der Waals surface area contributed by atoms with E-state index in [0.29, 0.717) is 32.0 Å². The number of amides is 1. The van der Waals surface area contributed by atoms with Gasteiger partial charge >= 0.3 is 6.09 Å². The van der Waals surface area contributed by atoms with Crippen LogP contribution in [0.5, 0.6) is 0 Å². The molecule has 2 saturated heterocycles. The zero-order chi connectivity index (χ0) is 21.5. The minimum Gasteiger partial charge on any atom is -0.444 e. The van der Waals surface area contributed by atoms with Crippen molar-refractivity contribution in [3.63, 3.8) is 0 Å². The van der Waals surface area contributed by atoms with Crippen LogP contribution in [0.15, 0.2) is 4.99 Å². The van der Waals surface area contributed by atoms with Crippen molar-refractivity contribution in [2.24, 2.45) is 4.99 Å². The first-order chi connectivity index (χ1) is 13.6. The maximum absolute atomic E-state index is 12.1. The van der Waals surface area contributed by atoms with Gasteiger partial charge in [-0.25, -0.2) is 13.2 Å². The summed E-state index contributed by atoms with van der Waals surface area (Å²) in [6.45, 7) is 13.0. The molecule has 9 nitrogen and oxygen atoms in total. The first-order valence-electron chi connectivity index (χ1n) is 10.5. The summed E-state index contributed by atoms with van der Waals surface area (Å²) in [5, 5.41) is 6.42. The number of piperazine rings is 1. The summed E-state index contributed by atoms with van der Waals surface area (Å²) >= 11 is 0. The summed E-state index contributed by atoms with van der Waals surface area (Å²) < 4.78 is 28.6. The monoisotopic (exact) mass is 559 g/mol. The topological polar surface area (TPSA) is 103 Å². The molecule has 1 amide bonds. The Morgan fingerprint density at radius 3 is 2.40 bits per heavy atom. The number of hydrogen-bond donors (Lipinski definition) is 2. The van der Waals surface area contributed by atoms with Crippen LogP contribution in [-0.4, -0.2) is 99.2 Å². The fraction of sp³-hybridized carbons (Fsp3) is 0.895. The van der Waals surface area contributed by atoms with E-state index >= 15 is 0 Å².